The molecule has 0 aromatic carbocycles. The first kappa shape index (κ1) is 7.26. The first-order chi connectivity index (χ1) is 6.36. The van der Waals surface area contributed by atoms with Gasteiger partial charge in [0.1, 0.15) is 16.7 Å². The lowest BCUT2D eigenvalue weighted by Gasteiger charge is -2.27. The first-order valence-electron chi connectivity index (χ1n) is 4.78. The van der Waals surface area contributed by atoms with Crippen LogP contribution in [0.2, 0.25) is 0 Å². The minimum absolute atomic E-state index is 0.115. The molecule has 3 saturated heterocycles. The van der Waals surface area contributed by atoms with E-state index < -0.39 is 0 Å². The molecule has 0 radical (unpaired) electrons. The van der Waals surface area contributed by atoms with Gasteiger partial charge in [0.2, 0.25) is 0 Å². The van der Waals surface area contributed by atoms with Crippen molar-refractivity contribution in [3.63, 3.8) is 0 Å². The van der Waals surface area contributed by atoms with Gasteiger partial charge in [0.25, 0.3) is 0 Å². The molecule has 4 aliphatic rings. The van der Waals surface area contributed by atoms with Crippen molar-refractivity contribution in [1.29, 1.82) is 0 Å². The lowest BCUT2D eigenvalue weighted by Crippen LogP contribution is -2.35. The van der Waals surface area contributed by atoms with Gasteiger partial charge in [-0.15, -0.1) is 0 Å². The lowest BCUT2D eigenvalue weighted by molar-refractivity contribution is -0.126. The van der Waals surface area contributed by atoms with E-state index in [9.17, 15) is 4.79 Å². The number of fused-ring (bicyclic) bond motifs is 1. The summed E-state index contributed by atoms with van der Waals surface area (Å²) >= 11 is 1.73. The molecule has 13 heavy (non-hydrogen) atoms. The second kappa shape index (κ2) is 2.12. The normalized spacial score (nSPS) is 62.0. The smallest absolute Gasteiger partial charge is 0.146 e. The van der Waals surface area contributed by atoms with Crippen LogP contribution in [0, 0.1) is 23.7 Å². The summed E-state index contributed by atoms with van der Waals surface area (Å²) in [5.74, 6) is 1.80. The summed E-state index contributed by atoms with van der Waals surface area (Å²) in [4.78, 5) is 11.9. The van der Waals surface area contributed by atoms with Gasteiger partial charge < -0.3 is 9.47 Å². The topological polar surface area (TPSA) is 35.5 Å². The lowest BCUT2D eigenvalue weighted by atomic mass is 9.91. The minimum atomic E-state index is 0.115. The molecular formula is C9H10O3S. The van der Waals surface area contributed by atoms with E-state index >= 15 is 0 Å². The third-order valence-electron chi connectivity index (χ3n) is 3.89. The predicted molar refractivity (Wildman–Crippen MR) is 46.0 cm³/mol. The Bertz CT molecular complexity index is 267. The van der Waals surface area contributed by atoms with Crippen LogP contribution < -0.4 is 0 Å². The Morgan fingerprint density at radius 2 is 1.62 bits per heavy atom. The Morgan fingerprint density at radius 1 is 1.08 bits per heavy atom. The van der Waals surface area contributed by atoms with Crippen LogP contribution in [-0.4, -0.2) is 29.9 Å². The quantitative estimate of drug-likeness (QED) is 0.567. The molecule has 4 fully saturated rings. The molecular weight excluding hydrogens is 188 g/mol. The number of ether oxygens (including phenoxy) is 2. The van der Waals surface area contributed by atoms with Crippen LogP contribution in [-0.2, 0) is 14.3 Å². The van der Waals surface area contributed by atoms with Gasteiger partial charge in [0, 0.05) is 11.8 Å². The van der Waals surface area contributed by atoms with Crippen molar-refractivity contribution in [2.75, 3.05) is 13.2 Å². The van der Waals surface area contributed by atoms with Crippen molar-refractivity contribution < 1.29 is 14.3 Å². The maximum absolute atomic E-state index is 11.9. The highest BCUT2D eigenvalue weighted by Gasteiger charge is 2.65. The highest BCUT2D eigenvalue weighted by molar-refractivity contribution is 8.00. The van der Waals surface area contributed by atoms with E-state index in [1.807, 2.05) is 0 Å². The molecule has 1 saturated carbocycles. The summed E-state index contributed by atoms with van der Waals surface area (Å²) < 4.78 is 11.2. The molecule has 3 heterocycles. The summed E-state index contributed by atoms with van der Waals surface area (Å²) in [7, 11) is 0. The second-order valence-corrected chi connectivity index (χ2v) is 5.52. The van der Waals surface area contributed by atoms with E-state index in [4.69, 9.17) is 9.47 Å². The molecule has 4 rings (SSSR count). The van der Waals surface area contributed by atoms with Crippen molar-refractivity contribution in [2.24, 2.45) is 23.7 Å². The zero-order valence-electron chi connectivity index (χ0n) is 7.01. The van der Waals surface area contributed by atoms with E-state index in [0.717, 1.165) is 13.2 Å². The molecule has 3 nitrogen and oxygen atoms in total. The van der Waals surface area contributed by atoms with Crippen LogP contribution in [0.1, 0.15) is 0 Å². The fourth-order valence-corrected chi connectivity index (χ4v) is 4.89. The number of hydrogen-bond donors (Lipinski definition) is 0. The fraction of sp³-hybridized carbons (Fsp3) is 0.889. The molecule has 1 aliphatic carbocycles. The van der Waals surface area contributed by atoms with Gasteiger partial charge in [0.05, 0.1) is 25.0 Å². The number of carbonyl (C=O) groups excluding carboxylic acids is 1. The van der Waals surface area contributed by atoms with Gasteiger partial charge in [0.15, 0.2) is 0 Å². The fourth-order valence-electron chi connectivity index (χ4n) is 3.30. The SMILES string of the molecule is O=C1C2C3OCC2C2COC(S3)C12. The van der Waals surface area contributed by atoms with Crippen molar-refractivity contribution in [1.82, 2.24) is 0 Å². The molecule has 0 aromatic rings. The molecule has 70 valence electrons. The van der Waals surface area contributed by atoms with Crippen molar-refractivity contribution in [3.05, 3.63) is 0 Å². The van der Waals surface area contributed by atoms with Gasteiger partial charge >= 0.3 is 0 Å². The van der Waals surface area contributed by atoms with E-state index in [1.54, 1.807) is 11.8 Å². The monoisotopic (exact) mass is 198 g/mol. The van der Waals surface area contributed by atoms with E-state index in [-0.39, 0.29) is 22.7 Å². The van der Waals surface area contributed by atoms with Crippen LogP contribution in [0.3, 0.4) is 0 Å². The maximum atomic E-state index is 11.9. The number of Topliss-reactive ketones (excluding diaryl/α,β-unsaturated/α-hetero) is 1. The van der Waals surface area contributed by atoms with Gasteiger partial charge in [-0.25, -0.2) is 0 Å². The molecule has 4 heteroatoms. The number of thioether (sulfide) groups is 1. The number of hydrogen-bond acceptors (Lipinski definition) is 4. The minimum Gasteiger partial charge on any atom is -0.366 e. The largest absolute Gasteiger partial charge is 0.366 e. The molecule has 3 aliphatic heterocycles. The van der Waals surface area contributed by atoms with Crippen molar-refractivity contribution in [2.45, 2.75) is 10.9 Å². The zero-order valence-corrected chi connectivity index (χ0v) is 7.83. The summed E-state index contributed by atoms with van der Waals surface area (Å²) in [5, 5.41) is 0. The Morgan fingerprint density at radius 3 is 2.15 bits per heavy atom. The van der Waals surface area contributed by atoms with Crippen LogP contribution in [0.5, 0.6) is 0 Å². The average Bonchev–Trinajstić information content (AvgIpc) is 2.65. The highest BCUT2D eigenvalue weighted by atomic mass is 32.2. The summed E-state index contributed by atoms with van der Waals surface area (Å²) in [6, 6.07) is 0. The number of rotatable bonds is 0. The van der Waals surface area contributed by atoms with E-state index in [2.05, 4.69) is 0 Å². The summed E-state index contributed by atoms with van der Waals surface area (Å²) in [5.41, 5.74) is 0.230. The molecule has 0 aromatic heterocycles. The highest BCUT2D eigenvalue weighted by Crippen LogP contribution is 2.59. The van der Waals surface area contributed by atoms with Gasteiger partial charge in [-0.2, -0.15) is 0 Å². The number of carbonyl (C=O) groups is 1. The Hall–Kier alpha value is -0.0600. The van der Waals surface area contributed by atoms with Crippen LogP contribution in [0.15, 0.2) is 0 Å². The van der Waals surface area contributed by atoms with Crippen LogP contribution in [0.4, 0.5) is 0 Å². The Kier molecular flexibility index (Phi) is 1.19. The molecule has 6 unspecified atom stereocenters. The molecule has 0 N–H and O–H groups in total. The zero-order chi connectivity index (χ0) is 8.58. The molecule has 0 spiro atoms. The first-order valence-corrected chi connectivity index (χ1v) is 5.73. The second-order valence-electron chi connectivity index (χ2n) is 4.32. The van der Waals surface area contributed by atoms with Crippen LogP contribution >= 0.6 is 11.8 Å². The van der Waals surface area contributed by atoms with Crippen molar-refractivity contribution >= 4 is 17.5 Å². The maximum Gasteiger partial charge on any atom is 0.146 e. The van der Waals surface area contributed by atoms with Gasteiger partial charge in [-0.3, -0.25) is 4.79 Å². The summed E-state index contributed by atoms with van der Waals surface area (Å²) in [6.07, 6.45) is 0. The van der Waals surface area contributed by atoms with E-state index in [0.29, 0.717) is 17.6 Å². The molecule has 0 amide bonds. The molecule has 2 bridgehead atoms. The third kappa shape index (κ3) is 0.671. The predicted octanol–water partition coefficient (Wildman–Crippen LogP) is 0.493. The third-order valence-corrected chi connectivity index (χ3v) is 5.29. The van der Waals surface area contributed by atoms with Gasteiger partial charge in [-0.05, 0) is 0 Å². The van der Waals surface area contributed by atoms with Crippen LogP contribution in [0.25, 0.3) is 0 Å². The molecule has 6 atom stereocenters. The average molecular weight is 198 g/mol. The standard InChI is InChI=1S/C9H10O3S/c10-7-5-3-1-11-8(5)13-9-6(7)4(3)2-12-9/h3-6,8-9H,1-2H2. The Labute approximate surface area is 80.1 Å². The van der Waals surface area contributed by atoms with Crippen molar-refractivity contribution in [3.8, 4) is 0 Å². The summed E-state index contributed by atoms with van der Waals surface area (Å²) in [6.45, 7) is 1.57. The Balaban J connectivity index is 1.89. The number of ketones is 1. The van der Waals surface area contributed by atoms with E-state index in [1.165, 1.54) is 0 Å². The van der Waals surface area contributed by atoms with Gasteiger partial charge in [-0.1, -0.05) is 11.8 Å².